The summed E-state index contributed by atoms with van der Waals surface area (Å²) in [4.78, 5) is 24.3. The third kappa shape index (κ3) is 6.38. The quantitative estimate of drug-likeness (QED) is 0.316. The van der Waals surface area contributed by atoms with E-state index in [4.69, 9.17) is 5.73 Å². The van der Waals surface area contributed by atoms with Gasteiger partial charge in [0.25, 0.3) is 0 Å². The molecular weight excluding hydrogens is 446 g/mol. The number of nitrogens with two attached hydrogens (primary N) is 1. The Bertz CT molecular complexity index is 892. The fraction of sp³-hybridized carbons (Fsp3) is 0.364. The maximum atomic E-state index is 11.7. The number of hydrogen-bond acceptors (Lipinski definition) is 4. The molecule has 0 heterocycles. The van der Waals surface area contributed by atoms with E-state index in [1.807, 2.05) is 36.4 Å². The first kappa shape index (κ1) is 23.5. The van der Waals surface area contributed by atoms with Crippen LogP contribution in [-0.2, 0) is 11.3 Å². The molecule has 0 radical (unpaired) electrons. The second-order valence-corrected chi connectivity index (χ2v) is 9.34. The van der Waals surface area contributed by atoms with Crippen LogP contribution >= 0.6 is 15.9 Å². The molecule has 0 aliphatic heterocycles. The number of carbonyl (C=O) groups is 2. The van der Waals surface area contributed by atoms with Crippen molar-refractivity contribution in [3.63, 3.8) is 0 Å². The summed E-state index contributed by atoms with van der Waals surface area (Å²) >= 11 is 3.63. The van der Waals surface area contributed by atoms with Crippen LogP contribution in [0.1, 0.15) is 26.3 Å². The summed E-state index contributed by atoms with van der Waals surface area (Å²) in [6.07, 6.45) is 0.593. The van der Waals surface area contributed by atoms with Crippen molar-refractivity contribution in [1.29, 1.82) is 0 Å². The fourth-order valence-corrected chi connectivity index (χ4v) is 3.22. The van der Waals surface area contributed by atoms with Crippen molar-refractivity contribution in [2.75, 3.05) is 31.7 Å². The Kier molecular flexibility index (Phi) is 7.72. The summed E-state index contributed by atoms with van der Waals surface area (Å²) in [7, 11) is 3.22. The number of hydrazine groups is 1. The molecule has 0 saturated carbocycles. The molecule has 4 N–H and O–H groups in total. The van der Waals surface area contributed by atoms with Crippen molar-refractivity contribution in [3.8, 4) is 11.1 Å². The zero-order chi connectivity index (χ0) is 22.5. The number of benzene rings is 2. The predicted molar refractivity (Wildman–Crippen MR) is 126 cm³/mol. The van der Waals surface area contributed by atoms with Crippen LogP contribution in [-0.4, -0.2) is 43.0 Å². The molecule has 162 valence electrons. The van der Waals surface area contributed by atoms with Crippen molar-refractivity contribution in [2.45, 2.75) is 27.3 Å². The number of nitrogens with zero attached hydrogens (tertiary/aromatic N) is 2. The minimum atomic E-state index is -0.363. The van der Waals surface area contributed by atoms with Crippen molar-refractivity contribution < 1.29 is 9.59 Å². The first-order chi connectivity index (χ1) is 14.0. The zero-order valence-corrected chi connectivity index (χ0v) is 19.7. The summed E-state index contributed by atoms with van der Waals surface area (Å²) in [5.74, 6) is 0. The SMILES string of the molecule is CN(C)C(=O)NN(C=O)Cc1ccc(-c2ccc(NCC(C)(C)C)c(N)c2Br)cc1. The largest absolute Gasteiger partial charge is 0.396 e. The van der Waals surface area contributed by atoms with E-state index in [1.54, 1.807) is 14.1 Å². The van der Waals surface area contributed by atoms with E-state index in [1.165, 1.54) is 9.91 Å². The molecule has 0 bridgehead atoms. The lowest BCUT2D eigenvalue weighted by molar-refractivity contribution is -0.120. The molecule has 0 aliphatic carbocycles. The molecule has 30 heavy (non-hydrogen) atoms. The smallest absolute Gasteiger partial charge is 0.335 e. The molecule has 0 fully saturated rings. The van der Waals surface area contributed by atoms with E-state index in [9.17, 15) is 9.59 Å². The molecule has 3 amide bonds. The van der Waals surface area contributed by atoms with Gasteiger partial charge in [-0.1, -0.05) is 51.1 Å². The Balaban J connectivity index is 2.15. The van der Waals surface area contributed by atoms with Gasteiger partial charge in [0.05, 0.1) is 22.4 Å². The predicted octanol–water partition coefficient (Wildman–Crippen LogP) is 4.30. The summed E-state index contributed by atoms with van der Waals surface area (Å²) in [5, 5.41) is 4.61. The van der Waals surface area contributed by atoms with Gasteiger partial charge >= 0.3 is 6.03 Å². The highest BCUT2D eigenvalue weighted by atomic mass is 79.9. The minimum Gasteiger partial charge on any atom is -0.396 e. The molecule has 0 unspecified atom stereocenters. The average Bonchev–Trinajstić information content (AvgIpc) is 2.68. The molecule has 0 saturated heterocycles. The van der Waals surface area contributed by atoms with Crippen LogP contribution in [0, 0.1) is 5.41 Å². The summed E-state index contributed by atoms with van der Waals surface area (Å²) in [6, 6.07) is 11.4. The van der Waals surface area contributed by atoms with Crippen LogP contribution in [0.3, 0.4) is 0 Å². The van der Waals surface area contributed by atoms with Gasteiger partial charge < -0.3 is 16.0 Å². The van der Waals surface area contributed by atoms with Crippen LogP contribution in [0.25, 0.3) is 11.1 Å². The van der Waals surface area contributed by atoms with Crippen molar-refractivity contribution in [1.82, 2.24) is 15.3 Å². The van der Waals surface area contributed by atoms with Crippen LogP contribution in [0.4, 0.5) is 16.2 Å². The Morgan fingerprint density at radius 3 is 2.30 bits per heavy atom. The lowest BCUT2D eigenvalue weighted by Gasteiger charge is -2.22. The summed E-state index contributed by atoms with van der Waals surface area (Å²) in [5.41, 5.74) is 13.4. The normalized spacial score (nSPS) is 11.0. The Hall–Kier alpha value is -2.74. The standard InChI is InChI=1S/C22H30BrN5O2/c1-22(2,3)13-25-18-11-10-17(19(23)20(18)24)16-8-6-15(7-9-16)12-28(14-29)26-21(30)27(4)5/h6-11,14,25H,12-13,24H2,1-5H3,(H,26,30). The maximum Gasteiger partial charge on any atom is 0.335 e. The lowest BCUT2D eigenvalue weighted by atomic mass is 9.96. The molecule has 0 aromatic heterocycles. The number of halogens is 1. The molecule has 2 aromatic carbocycles. The van der Waals surface area contributed by atoms with E-state index in [0.717, 1.165) is 33.4 Å². The number of nitrogen functional groups attached to an aromatic ring is 1. The number of hydrogen-bond donors (Lipinski definition) is 3. The minimum absolute atomic E-state index is 0.148. The third-order valence-electron chi connectivity index (χ3n) is 4.38. The monoisotopic (exact) mass is 475 g/mol. The molecular formula is C22H30BrN5O2. The average molecular weight is 476 g/mol. The molecule has 0 aliphatic rings. The second kappa shape index (κ2) is 9.84. The second-order valence-electron chi connectivity index (χ2n) is 8.54. The van der Waals surface area contributed by atoms with Gasteiger partial charge in [0.15, 0.2) is 0 Å². The van der Waals surface area contributed by atoms with Crippen LogP contribution in [0.15, 0.2) is 40.9 Å². The zero-order valence-electron chi connectivity index (χ0n) is 18.1. The molecule has 8 heteroatoms. The van der Waals surface area contributed by atoms with Crippen LogP contribution in [0.5, 0.6) is 0 Å². The van der Waals surface area contributed by atoms with E-state index in [-0.39, 0.29) is 18.0 Å². The Morgan fingerprint density at radius 2 is 1.77 bits per heavy atom. The summed E-state index contributed by atoms with van der Waals surface area (Å²) < 4.78 is 0.835. The molecule has 2 rings (SSSR count). The number of rotatable bonds is 7. The van der Waals surface area contributed by atoms with Crippen molar-refractivity contribution in [2.24, 2.45) is 5.41 Å². The van der Waals surface area contributed by atoms with Crippen LogP contribution < -0.4 is 16.5 Å². The van der Waals surface area contributed by atoms with E-state index in [2.05, 4.69) is 47.4 Å². The first-order valence-corrected chi connectivity index (χ1v) is 10.4. The molecule has 2 aromatic rings. The van der Waals surface area contributed by atoms with Gasteiger partial charge in [0, 0.05) is 20.6 Å². The maximum absolute atomic E-state index is 11.7. The first-order valence-electron chi connectivity index (χ1n) is 9.63. The molecule has 0 atom stereocenters. The Labute approximate surface area is 186 Å². The number of nitrogens with one attached hydrogen (secondary N) is 2. The Morgan fingerprint density at radius 1 is 1.13 bits per heavy atom. The highest BCUT2D eigenvalue weighted by Gasteiger charge is 2.14. The number of anilines is 2. The van der Waals surface area contributed by atoms with Crippen molar-refractivity contribution >= 4 is 39.7 Å². The number of carbonyl (C=O) groups excluding carboxylic acids is 2. The number of urea groups is 1. The lowest BCUT2D eigenvalue weighted by Crippen LogP contribution is -2.45. The van der Waals surface area contributed by atoms with Crippen molar-refractivity contribution in [3.05, 3.63) is 46.4 Å². The van der Waals surface area contributed by atoms with Gasteiger partial charge in [-0.05, 0) is 44.1 Å². The van der Waals surface area contributed by atoms with E-state index in [0.29, 0.717) is 12.1 Å². The molecule has 7 nitrogen and oxygen atoms in total. The van der Waals surface area contributed by atoms with E-state index >= 15 is 0 Å². The highest BCUT2D eigenvalue weighted by Crippen LogP contribution is 2.37. The highest BCUT2D eigenvalue weighted by molar-refractivity contribution is 9.10. The van der Waals surface area contributed by atoms with E-state index < -0.39 is 0 Å². The van der Waals surface area contributed by atoms with Gasteiger partial charge in [-0.2, -0.15) is 0 Å². The fourth-order valence-electron chi connectivity index (χ4n) is 2.64. The topological polar surface area (TPSA) is 90.7 Å². The molecule has 0 spiro atoms. The third-order valence-corrected chi connectivity index (χ3v) is 5.23. The van der Waals surface area contributed by atoms with Gasteiger partial charge in [-0.25, -0.2) is 10.2 Å². The van der Waals surface area contributed by atoms with Gasteiger partial charge in [-0.3, -0.25) is 9.80 Å². The summed E-state index contributed by atoms with van der Waals surface area (Å²) in [6.45, 7) is 7.58. The number of amides is 3. The van der Waals surface area contributed by atoms with Gasteiger partial charge in [0.2, 0.25) is 6.41 Å². The van der Waals surface area contributed by atoms with Gasteiger partial charge in [-0.15, -0.1) is 0 Å². The van der Waals surface area contributed by atoms with Crippen LogP contribution in [0.2, 0.25) is 0 Å². The van der Waals surface area contributed by atoms with Gasteiger partial charge in [0.1, 0.15) is 0 Å².